The Balaban J connectivity index is 1.74. The van der Waals surface area contributed by atoms with Crippen molar-refractivity contribution in [1.82, 2.24) is 14.9 Å². The Labute approximate surface area is 136 Å². The number of carbonyl (C=O) groups is 1. The Morgan fingerprint density at radius 1 is 1.50 bits per heavy atom. The Kier molecular flexibility index (Phi) is 4.49. The molecule has 1 unspecified atom stereocenters. The molecular weight excluding hydrogens is 322 g/mol. The summed E-state index contributed by atoms with van der Waals surface area (Å²) in [6.07, 6.45) is 3.80. The summed E-state index contributed by atoms with van der Waals surface area (Å²) in [6, 6.07) is 7.28. The van der Waals surface area contributed by atoms with Crippen LogP contribution in [-0.4, -0.2) is 21.2 Å². The Morgan fingerprint density at radius 2 is 2.36 bits per heavy atom. The van der Waals surface area contributed by atoms with E-state index in [-0.39, 0.29) is 18.5 Å². The lowest BCUT2D eigenvalue weighted by molar-refractivity contribution is -0.122. The third-order valence-corrected chi connectivity index (χ3v) is 4.80. The lowest BCUT2D eigenvalue weighted by atomic mass is 10.0. The van der Waals surface area contributed by atoms with Gasteiger partial charge in [-0.05, 0) is 36.2 Å². The quantitative estimate of drug-likeness (QED) is 0.934. The second-order valence-electron chi connectivity index (χ2n) is 4.97. The van der Waals surface area contributed by atoms with Gasteiger partial charge in [-0.3, -0.25) is 9.36 Å². The van der Waals surface area contributed by atoms with Crippen molar-refractivity contribution >= 4 is 29.3 Å². The monoisotopic (exact) mass is 335 g/mol. The van der Waals surface area contributed by atoms with E-state index in [0.717, 1.165) is 22.6 Å². The van der Waals surface area contributed by atoms with Gasteiger partial charge in [0.25, 0.3) is 0 Å². The number of aromatic nitrogens is 2. The van der Waals surface area contributed by atoms with Gasteiger partial charge in [-0.1, -0.05) is 11.6 Å². The molecule has 0 saturated heterocycles. The highest BCUT2D eigenvalue weighted by Gasteiger charge is 2.22. The molecule has 1 aliphatic rings. The molecule has 1 atom stereocenters. The molecule has 114 valence electrons. The summed E-state index contributed by atoms with van der Waals surface area (Å²) in [5.41, 5.74) is 0.607. The van der Waals surface area contributed by atoms with Gasteiger partial charge in [0, 0.05) is 28.1 Å². The van der Waals surface area contributed by atoms with Crippen LogP contribution in [0.1, 0.15) is 18.0 Å². The zero-order valence-electron chi connectivity index (χ0n) is 11.7. The highest BCUT2D eigenvalue weighted by atomic mass is 35.5. The predicted molar refractivity (Wildman–Crippen MR) is 86.2 cm³/mol. The number of hydrogen-bond donors (Lipinski definition) is 1. The molecule has 0 saturated carbocycles. The van der Waals surface area contributed by atoms with E-state index >= 15 is 0 Å². The highest BCUT2D eigenvalue weighted by molar-refractivity contribution is 7.99. The predicted octanol–water partition coefficient (Wildman–Crippen LogP) is 2.25. The van der Waals surface area contributed by atoms with Crippen LogP contribution in [0, 0.1) is 0 Å². The molecular formula is C15H14ClN3O2S. The molecule has 0 aliphatic carbocycles. The number of amides is 1. The van der Waals surface area contributed by atoms with E-state index in [1.54, 1.807) is 24.0 Å². The van der Waals surface area contributed by atoms with Crippen molar-refractivity contribution in [2.75, 3.05) is 5.75 Å². The maximum absolute atomic E-state index is 12.2. The third kappa shape index (κ3) is 3.34. The van der Waals surface area contributed by atoms with Crippen LogP contribution < -0.4 is 11.0 Å². The molecule has 7 heteroatoms. The van der Waals surface area contributed by atoms with Crippen LogP contribution in [-0.2, 0) is 11.3 Å². The molecule has 0 bridgehead atoms. The maximum Gasteiger partial charge on any atom is 0.347 e. The molecule has 0 fully saturated rings. The first-order valence-electron chi connectivity index (χ1n) is 6.86. The number of carbonyl (C=O) groups excluding carboxylic acids is 1. The minimum absolute atomic E-state index is 0.0355. The molecule has 0 radical (unpaired) electrons. The van der Waals surface area contributed by atoms with E-state index in [1.165, 1.54) is 10.8 Å². The summed E-state index contributed by atoms with van der Waals surface area (Å²) in [7, 11) is 0. The lowest BCUT2D eigenvalue weighted by Crippen LogP contribution is -2.36. The fourth-order valence-corrected chi connectivity index (χ4v) is 3.70. The Bertz CT molecular complexity index is 762. The highest BCUT2D eigenvalue weighted by Crippen LogP contribution is 2.37. The van der Waals surface area contributed by atoms with Gasteiger partial charge in [-0.15, -0.1) is 11.8 Å². The SMILES string of the molecule is O=C(Cn1cccnc1=O)NC1CCSc2ccc(Cl)cc21. The summed E-state index contributed by atoms with van der Waals surface area (Å²) in [5.74, 6) is 0.727. The molecule has 22 heavy (non-hydrogen) atoms. The second kappa shape index (κ2) is 6.54. The van der Waals surface area contributed by atoms with Gasteiger partial charge in [0.2, 0.25) is 5.91 Å². The summed E-state index contributed by atoms with van der Waals surface area (Å²) in [5, 5.41) is 3.64. The van der Waals surface area contributed by atoms with Crippen molar-refractivity contribution in [2.24, 2.45) is 0 Å². The third-order valence-electron chi connectivity index (χ3n) is 3.44. The molecule has 3 rings (SSSR count). The molecule has 1 amide bonds. The molecule has 2 heterocycles. The molecule has 2 aromatic rings. The van der Waals surface area contributed by atoms with E-state index in [1.807, 2.05) is 18.2 Å². The minimum atomic E-state index is -0.430. The topological polar surface area (TPSA) is 64.0 Å². The minimum Gasteiger partial charge on any atom is -0.348 e. The summed E-state index contributed by atoms with van der Waals surface area (Å²) in [4.78, 5) is 28.5. The van der Waals surface area contributed by atoms with Crippen molar-refractivity contribution in [3.8, 4) is 0 Å². The number of benzene rings is 1. The van der Waals surface area contributed by atoms with Crippen molar-refractivity contribution in [3.63, 3.8) is 0 Å². The Morgan fingerprint density at radius 3 is 3.18 bits per heavy atom. The number of nitrogens with one attached hydrogen (secondary N) is 1. The molecule has 1 aromatic heterocycles. The number of rotatable bonds is 3. The molecule has 1 aromatic carbocycles. The fourth-order valence-electron chi connectivity index (χ4n) is 2.42. The summed E-state index contributed by atoms with van der Waals surface area (Å²) in [6.45, 7) is -0.0355. The lowest BCUT2D eigenvalue weighted by Gasteiger charge is -2.26. The molecule has 1 aliphatic heterocycles. The van der Waals surface area contributed by atoms with Crippen LogP contribution in [0.25, 0.3) is 0 Å². The average Bonchev–Trinajstić information content (AvgIpc) is 2.50. The second-order valence-corrected chi connectivity index (χ2v) is 6.54. The summed E-state index contributed by atoms with van der Waals surface area (Å²) >= 11 is 7.81. The fraction of sp³-hybridized carbons (Fsp3) is 0.267. The van der Waals surface area contributed by atoms with E-state index in [2.05, 4.69) is 10.3 Å². The van der Waals surface area contributed by atoms with Gasteiger partial charge in [-0.2, -0.15) is 0 Å². The number of halogens is 1. The van der Waals surface area contributed by atoms with Gasteiger partial charge >= 0.3 is 5.69 Å². The number of thioether (sulfide) groups is 1. The molecule has 5 nitrogen and oxygen atoms in total. The first-order valence-corrected chi connectivity index (χ1v) is 8.23. The Hall–Kier alpha value is -1.79. The van der Waals surface area contributed by atoms with Crippen molar-refractivity contribution in [2.45, 2.75) is 23.9 Å². The standard InChI is InChI=1S/C15H14ClN3O2S/c16-10-2-3-13-11(8-10)12(4-7-22-13)18-14(20)9-19-6-1-5-17-15(19)21/h1-3,5-6,8,12H,4,7,9H2,(H,18,20). The zero-order valence-corrected chi connectivity index (χ0v) is 13.2. The van der Waals surface area contributed by atoms with E-state index in [4.69, 9.17) is 11.6 Å². The zero-order chi connectivity index (χ0) is 15.5. The number of nitrogens with zero attached hydrogens (tertiary/aromatic N) is 2. The van der Waals surface area contributed by atoms with Gasteiger partial charge < -0.3 is 5.32 Å². The maximum atomic E-state index is 12.2. The van der Waals surface area contributed by atoms with Crippen molar-refractivity contribution < 1.29 is 4.79 Å². The number of fused-ring (bicyclic) bond motifs is 1. The first-order chi connectivity index (χ1) is 10.6. The van der Waals surface area contributed by atoms with Gasteiger partial charge in [0.05, 0.1) is 6.04 Å². The van der Waals surface area contributed by atoms with Crippen LogP contribution in [0.15, 0.2) is 46.3 Å². The van der Waals surface area contributed by atoms with Gasteiger partial charge in [-0.25, -0.2) is 9.78 Å². The van der Waals surface area contributed by atoms with Gasteiger partial charge in [0.1, 0.15) is 6.54 Å². The van der Waals surface area contributed by atoms with Crippen LogP contribution in [0.3, 0.4) is 0 Å². The molecule has 0 spiro atoms. The van der Waals surface area contributed by atoms with Crippen LogP contribution >= 0.6 is 23.4 Å². The van der Waals surface area contributed by atoms with E-state index in [0.29, 0.717) is 5.02 Å². The molecule has 1 N–H and O–H groups in total. The first kappa shape index (κ1) is 15.1. The van der Waals surface area contributed by atoms with Crippen molar-refractivity contribution in [1.29, 1.82) is 0 Å². The average molecular weight is 336 g/mol. The van der Waals surface area contributed by atoms with E-state index < -0.39 is 5.69 Å². The van der Waals surface area contributed by atoms with Crippen LogP contribution in [0.4, 0.5) is 0 Å². The normalized spacial score (nSPS) is 16.9. The van der Waals surface area contributed by atoms with Gasteiger partial charge in [0.15, 0.2) is 0 Å². The van der Waals surface area contributed by atoms with Crippen LogP contribution in [0.5, 0.6) is 0 Å². The number of hydrogen-bond acceptors (Lipinski definition) is 4. The smallest absolute Gasteiger partial charge is 0.347 e. The van der Waals surface area contributed by atoms with Crippen LogP contribution in [0.2, 0.25) is 5.02 Å². The van der Waals surface area contributed by atoms with E-state index in [9.17, 15) is 9.59 Å². The largest absolute Gasteiger partial charge is 0.348 e. The summed E-state index contributed by atoms with van der Waals surface area (Å²) < 4.78 is 1.28. The van der Waals surface area contributed by atoms with Crippen molar-refractivity contribution in [3.05, 3.63) is 57.7 Å².